The highest BCUT2D eigenvalue weighted by molar-refractivity contribution is 7.15. The van der Waals surface area contributed by atoms with Crippen LogP contribution in [0.4, 0.5) is 0 Å². The molecule has 5 rings (SSSR count). The normalized spacial score (nSPS) is 14.1. The molecule has 0 saturated heterocycles. The van der Waals surface area contributed by atoms with E-state index in [9.17, 15) is 4.79 Å². The maximum atomic E-state index is 12.6. The Bertz CT molecular complexity index is 1150. The van der Waals surface area contributed by atoms with Crippen LogP contribution in [0.15, 0.2) is 64.1 Å². The van der Waals surface area contributed by atoms with E-state index in [2.05, 4.69) is 32.0 Å². The van der Waals surface area contributed by atoms with E-state index in [-0.39, 0.29) is 5.56 Å². The summed E-state index contributed by atoms with van der Waals surface area (Å²) in [6.45, 7) is 2.23. The molecule has 7 heteroatoms. The van der Waals surface area contributed by atoms with Gasteiger partial charge in [0.1, 0.15) is 5.01 Å². The van der Waals surface area contributed by atoms with Gasteiger partial charge in [-0.25, -0.2) is 9.97 Å². The van der Waals surface area contributed by atoms with Crippen LogP contribution in [0, 0.1) is 0 Å². The molecule has 3 aromatic heterocycles. The number of benzene rings is 1. The van der Waals surface area contributed by atoms with E-state index < -0.39 is 0 Å². The molecular formula is C21H18N4O2S. The minimum Gasteiger partial charge on any atom is -0.461 e. The molecule has 4 heterocycles. The molecule has 1 aliphatic rings. The summed E-state index contributed by atoms with van der Waals surface area (Å²) in [6, 6.07) is 13.8. The predicted octanol–water partition coefficient (Wildman–Crippen LogP) is 3.71. The number of hydrogen-bond donors (Lipinski definition) is 1. The van der Waals surface area contributed by atoms with Crippen molar-refractivity contribution >= 4 is 11.3 Å². The first-order valence-corrected chi connectivity index (χ1v) is 9.96. The third-order valence-electron chi connectivity index (χ3n) is 4.86. The van der Waals surface area contributed by atoms with Gasteiger partial charge in [0.15, 0.2) is 11.6 Å². The smallest absolute Gasteiger partial charge is 0.256 e. The van der Waals surface area contributed by atoms with Crippen molar-refractivity contribution in [1.82, 2.24) is 19.9 Å². The first-order chi connectivity index (χ1) is 13.8. The van der Waals surface area contributed by atoms with Crippen LogP contribution in [-0.4, -0.2) is 26.4 Å². The van der Waals surface area contributed by atoms with Gasteiger partial charge >= 0.3 is 0 Å². The maximum absolute atomic E-state index is 12.6. The van der Waals surface area contributed by atoms with Gasteiger partial charge in [-0.15, -0.1) is 11.3 Å². The molecule has 0 saturated carbocycles. The first-order valence-electron chi connectivity index (χ1n) is 9.15. The minimum atomic E-state index is -0.0876. The predicted molar refractivity (Wildman–Crippen MR) is 108 cm³/mol. The van der Waals surface area contributed by atoms with Crippen LogP contribution >= 0.6 is 11.3 Å². The van der Waals surface area contributed by atoms with Gasteiger partial charge in [0.05, 0.1) is 17.5 Å². The monoisotopic (exact) mass is 390 g/mol. The van der Waals surface area contributed by atoms with E-state index >= 15 is 0 Å². The lowest BCUT2D eigenvalue weighted by Crippen LogP contribution is -2.35. The number of nitrogens with one attached hydrogen (secondary N) is 1. The van der Waals surface area contributed by atoms with E-state index in [1.165, 1.54) is 4.88 Å². The average molecular weight is 390 g/mol. The quantitative estimate of drug-likeness (QED) is 0.575. The van der Waals surface area contributed by atoms with Crippen molar-refractivity contribution in [2.75, 3.05) is 6.54 Å². The molecular weight excluding hydrogens is 372 g/mol. The molecule has 4 aromatic rings. The van der Waals surface area contributed by atoms with Crippen molar-refractivity contribution < 1.29 is 4.42 Å². The highest BCUT2D eigenvalue weighted by atomic mass is 32.1. The molecule has 0 amide bonds. The molecule has 0 unspecified atom stereocenters. The molecule has 0 aliphatic carbocycles. The second-order valence-corrected chi connectivity index (χ2v) is 7.89. The van der Waals surface area contributed by atoms with Gasteiger partial charge in [0.2, 0.25) is 0 Å². The molecule has 0 bridgehead atoms. The number of nitrogens with zero attached hydrogens (tertiary/aromatic N) is 3. The van der Waals surface area contributed by atoms with E-state index in [0.717, 1.165) is 41.3 Å². The Hall–Kier alpha value is -3.03. The number of thiazole rings is 1. The molecule has 0 radical (unpaired) electrons. The number of hydrogen-bond acceptors (Lipinski definition) is 6. The fourth-order valence-corrected chi connectivity index (χ4v) is 4.42. The number of H-pyrrole nitrogens is 1. The standard InChI is InChI=1S/C21H18N4O2S/c26-20-16-13-25(9-8-17(16)23-19(24-20)18-7-4-10-27-18)12-15-11-22-21(28-15)14-5-2-1-3-6-14/h1-7,10-11H,8-9,12-13H2,(H,23,24,26). The van der Waals surface area contributed by atoms with Crippen molar-refractivity contribution in [3.63, 3.8) is 0 Å². The summed E-state index contributed by atoms with van der Waals surface area (Å²) in [4.78, 5) is 28.1. The maximum Gasteiger partial charge on any atom is 0.256 e. The Morgan fingerprint density at radius 3 is 2.89 bits per heavy atom. The lowest BCUT2D eigenvalue weighted by Gasteiger charge is -2.26. The van der Waals surface area contributed by atoms with E-state index in [4.69, 9.17) is 4.42 Å². The van der Waals surface area contributed by atoms with Crippen LogP contribution in [-0.2, 0) is 19.5 Å². The van der Waals surface area contributed by atoms with Gasteiger partial charge in [-0.05, 0) is 12.1 Å². The van der Waals surface area contributed by atoms with Gasteiger partial charge < -0.3 is 9.40 Å². The minimum absolute atomic E-state index is 0.0876. The molecule has 0 atom stereocenters. The van der Waals surface area contributed by atoms with Crippen LogP contribution in [0.25, 0.3) is 22.2 Å². The highest BCUT2D eigenvalue weighted by Gasteiger charge is 2.22. The number of rotatable bonds is 4. The molecule has 1 aliphatic heterocycles. The van der Waals surface area contributed by atoms with Gasteiger partial charge in [-0.3, -0.25) is 9.69 Å². The number of fused-ring (bicyclic) bond motifs is 1. The van der Waals surface area contributed by atoms with Gasteiger partial charge in [-0.2, -0.15) is 0 Å². The largest absolute Gasteiger partial charge is 0.461 e. The fraction of sp³-hybridized carbons (Fsp3) is 0.190. The third-order valence-corrected chi connectivity index (χ3v) is 5.89. The van der Waals surface area contributed by atoms with E-state index in [1.807, 2.05) is 24.4 Å². The summed E-state index contributed by atoms with van der Waals surface area (Å²) in [7, 11) is 0. The van der Waals surface area contributed by atoms with Crippen LogP contribution in [0.3, 0.4) is 0 Å². The second-order valence-electron chi connectivity index (χ2n) is 6.78. The summed E-state index contributed by atoms with van der Waals surface area (Å²) in [5, 5.41) is 1.02. The van der Waals surface area contributed by atoms with Crippen LogP contribution < -0.4 is 5.56 Å². The summed E-state index contributed by atoms with van der Waals surface area (Å²) >= 11 is 1.70. The third kappa shape index (κ3) is 3.30. The molecule has 28 heavy (non-hydrogen) atoms. The van der Waals surface area contributed by atoms with E-state index in [0.29, 0.717) is 18.1 Å². The molecule has 1 N–H and O–H groups in total. The first kappa shape index (κ1) is 17.1. The van der Waals surface area contributed by atoms with Crippen LogP contribution in [0.5, 0.6) is 0 Å². The average Bonchev–Trinajstić information content (AvgIpc) is 3.41. The van der Waals surface area contributed by atoms with Crippen LogP contribution in [0.1, 0.15) is 16.1 Å². The zero-order chi connectivity index (χ0) is 18.9. The second kappa shape index (κ2) is 7.18. The zero-order valence-corrected chi connectivity index (χ0v) is 15.9. The number of aromatic amines is 1. The summed E-state index contributed by atoms with van der Waals surface area (Å²) < 4.78 is 5.36. The number of aromatic nitrogens is 3. The highest BCUT2D eigenvalue weighted by Crippen LogP contribution is 2.27. The van der Waals surface area contributed by atoms with Crippen molar-refractivity contribution in [3.8, 4) is 22.2 Å². The molecule has 0 fully saturated rings. The molecule has 6 nitrogen and oxygen atoms in total. The van der Waals surface area contributed by atoms with Gasteiger partial charge in [-0.1, -0.05) is 30.3 Å². The molecule has 0 spiro atoms. The summed E-state index contributed by atoms with van der Waals surface area (Å²) in [6.07, 6.45) is 4.26. The topological polar surface area (TPSA) is 75.0 Å². The Kier molecular flexibility index (Phi) is 4.38. The summed E-state index contributed by atoms with van der Waals surface area (Å²) in [5.74, 6) is 1.08. The SMILES string of the molecule is O=c1[nH]c(-c2ccco2)nc2c1CN(Cc1cnc(-c3ccccc3)s1)CC2. The van der Waals surface area contributed by atoms with Crippen molar-refractivity contribution in [2.24, 2.45) is 0 Å². The van der Waals surface area contributed by atoms with Crippen molar-refractivity contribution in [1.29, 1.82) is 0 Å². The van der Waals surface area contributed by atoms with Crippen LogP contribution in [0.2, 0.25) is 0 Å². The summed E-state index contributed by atoms with van der Waals surface area (Å²) in [5.41, 5.74) is 2.65. The van der Waals surface area contributed by atoms with Gasteiger partial charge in [0, 0.05) is 42.7 Å². The molecule has 1 aromatic carbocycles. The molecule has 140 valence electrons. The number of furan rings is 1. The Morgan fingerprint density at radius 1 is 1.18 bits per heavy atom. The fourth-order valence-electron chi connectivity index (χ4n) is 3.46. The van der Waals surface area contributed by atoms with Crippen molar-refractivity contribution in [2.45, 2.75) is 19.5 Å². The lowest BCUT2D eigenvalue weighted by molar-refractivity contribution is 0.244. The zero-order valence-electron chi connectivity index (χ0n) is 15.1. The van der Waals surface area contributed by atoms with Crippen molar-refractivity contribution in [3.05, 3.63) is 81.4 Å². The Balaban J connectivity index is 1.34. The van der Waals surface area contributed by atoms with Gasteiger partial charge in [0.25, 0.3) is 5.56 Å². The lowest BCUT2D eigenvalue weighted by atomic mass is 10.1. The van der Waals surface area contributed by atoms with E-state index in [1.54, 1.807) is 29.7 Å². The Labute approximate surface area is 165 Å². The Morgan fingerprint density at radius 2 is 2.07 bits per heavy atom.